The van der Waals surface area contributed by atoms with Gasteiger partial charge in [-0.1, -0.05) is 30.2 Å². The quantitative estimate of drug-likeness (QED) is 0.206. The van der Waals surface area contributed by atoms with E-state index in [0.29, 0.717) is 54.6 Å². The molecule has 5 rings (SSSR count). The Balaban J connectivity index is 1.52. The first-order valence-corrected chi connectivity index (χ1v) is 13.9. The highest BCUT2D eigenvalue weighted by molar-refractivity contribution is 6.23. The van der Waals surface area contributed by atoms with Crippen LogP contribution in [0.25, 0.3) is 0 Å². The molecule has 1 saturated heterocycles. The molecule has 1 aromatic rings. The predicted octanol–water partition coefficient (Wildman–Crippen LogP) is 3.87. The second-order valence-electron chi connectivity index (χ2n) is 10.9. The molecule has 1 aliphatic heterocycles. The van der Waals surface area contributed by atoms with Crippen LogP contribution in [0.15, 0.2) is 52.6 Å². The number of aromatic hydroxyl groups is 1. The lowest BCUT2D eigenvalue weighted by Crippen LogP contribution is -2.39. The number of phenolic OH excluding ortho intramolecular Hbond substituents is 1. The molecule has 1 aromatic carbocycles. The summed E-state index contributed by atoms with van der Waals surface area (Å²) in [5.41, 5.74) is 2.17. The molecule has 0 bridgehead atoms. The van der Waals surface area contributed by atoms with Crippen LogP contribution in [0.4, 0.5) is 0 Å². The van der Waals surface area contributed by atoms with Gasteiger partial charge in [-0.2, -0.15) is 0 Å². The number of rotatable bonds is 9. The van der Waals surface area contributed by atoms with Crippen molar-refractivity contribution in [2.75, 3.05) is 13.2 Å². The number of carbonyl (C=O) groups excluding carboxylic acids is 4. The average molecular weight is 548 g/mol. The van der Waals surface area contributed by atoms with Gasteiger partial charge >= 0.3 is 5.97 Å². The summed E-state index contributed by atoms with van der Waals surface area (Å²) in [4.78, 5) is 65.9. The summed E-state index contributed by atoms with van der Waals surface area (Å²) >= 11 is 0. The number of nitrogens with zero attached hydrogens (tertiary/aromatic N) is 1. The molecule has 2 N–H and O–H groups in total. The van der Waals surface area contributed by atoms with Crippen LogP contribution in [-0.4, -0.2) is 57.6 Å². The van der Waals surface area contributed by atoms with Gasteiger partial charge in [-0.05, 0) is 57.6 Å². The largest absolute Gasteiger partial charge is 0.504 e. The van der Waals surface area contributed by atoms with Gasteiger partial charge in [0.2, 0.25) is 11.8 Å². The molecule has 9 heteroatoms. The smallest absolute Gasteiger partial charge is 0.303 e. The fourth-order valence-electron chi connectivity index (χ4n) is 6.79. The number of carboxylic acid groups (broad SMARTS) is 1. The minimum Gasteiger partial charge on any atom is -0.504 e. The van der Waals surface area contributed by atoms with Crippen molar-refractivity contribution in [2.24, 2.45) is 17.8 Å². The highest BCUT2D eigenvalue weighted by atomic mass is 16.5. The van der Waals surface area contributed by atoms with E-state index in [2.05, 4.69) is 0 Å². The minimum atomic E-state index is -0.878. The number of phenols is 1. The Morgan fingerprint density at radius 1 is 1.07 bits per heavy atom. The van der Waals surface area contributed by atoms with Crippen molar-refractivity contribution in [3.05, 3.63) is 58.2 Å². The minimum absolute atomic E-state index is 0.0410. The SMILES string of the molecule is CCOc1cccc(C2C3=CCC4C(=O)N(CCCCCC(=O)O)C(=O)C4C3CC3=C2C(=O)C=C(C)C3=O)c1O. The summed E-state index contributed by atoms with van der Waals surface area (Å²) in [6.45, 7) is 3.94. The number of amides is 2. The van der Waals surface area contributed by atoms with Gasteiger partial charge in [0.25, 0.3) is 0 Å². The van der Waals surface area contributed by atoms with Gasteiger partial charge in [0, 0.05) is 41.2 Å². The molecule has 0 radical (unpaired) electrons. The lowest BCUT2D eigenvalue weighted by atomic mass is 9.59. The van der Waals surface area contributed by atoms with Gasteiger partial charge in [-0.3, -0.25) is 28.9 Å². The molecule has 1 fully saturated rings. The lowest BCUT2D eigenvalue weighted by Gasteiger charge is -2.42. The fraction of sp³-hybridized carbons (Fsp3) is 0.452. The zero-order valence-corrected chi connectivity index (χ0v) is 22.6. The number of benzene rings is 1. The highest BCUT2D eigenvalue weighted by Gasteiger charge is 2.56. The standard InChI is InChI=1S/C31H33NO8/c1-3-40-23-9-7-8-18(29(23)37)25-17-11-12-19-26(20(17)15-21-27(25)22(33)14-16(2)28(21)36)31(39)32(30(19)38)13-6-4-5-10-24(34)35/h7-9,11,14,19-20,25-26,37H,3-6,10,12-13,15H2,1-2H3,(H,34,35). The second-order valence-corrected chi connectivity index (χ2v) is 10.9. The predicted molar refractivity (Wildman–Crippen MR) is 143 cm³/mol. The fourth-order valence-corrected chi connectivity index (χ4v) is 6.79. The van der Waals surface area contributed by atoms with E-state index in [0.717, 1.165) is 5.57 Å². The van der Waals surface area contributed by atoms with Crippen molar-refractivity contribution < 1.29 is 38.9 Å². The lowest BCUT2D eigenvalue weighted by molar-refractivity contribution is -0.141. The van der Waals surface area contributed by atoms with E-state index in [9.17, 15) is 29.1 Å². The highest BCUT2D eigenvalue weighted by Crippen LogP contribution is 2.56. The Hall–Kier alpha value is -4.01. The molecule has 9 nitrogen and oxygen atoms in total. The number of likely N-dealkylation sites (tertiary alicyclic amines) is 1. The maximum atomic E-state index is 13.7. The maximum Gasteiger partial charge on any atom is 0.303 e. The summed E-state index contributed by atoms with van der Waals surface area (Å²) in [6, 6.07) is 5.06. The van der Waals surface area contributed by atoms with Gasteiger partial charge in [-0.25, -0.2) is 0 Å². The van der Waals surface area contributed by atoms with E-state index in [-0.39, 0.29) is 54.3 Å². The first kappa shape index (κ1) is 27.6. The van der Waals surface area contributed by atoms with Crippen LogP contribution in [0, 0.1) is 17.8 Å². The third-order valence-corrected chi connectivity index (χ3v) is 8.57. The molecular weight excluding hydrogens is 514 g/mol. The Morgan fingerprint density at radius 2 is 1.85 bits per heavy atom. The molecular formula is C31H33NO8. The van der Waals surface area contributed by atoms with Crippen molar-refractivity contribution in [1.82, 2.24) is 4.90 Å². The third-order valence-electron chi connectivity index (χ3n) is 8.57. The topological polar surface area (TPSA) is 138 Å². The molecule has 4 aliphatic rings. The third kappa shape index (κ3) is 4.57. The second kappa shape index (κ2) is 10.9. The van der Waals surface area contributed by atoms with Crippen LogP contribution >= 0.6 is 0 Å². The number of allylic oxidation sites excluding steroid dienone is 6. The van der Waals surface area contributed by atoms with Gasteiger partial charge in [0.1, 0.15) is 0 Å². The molecule has 0 spiro atoms. The Bertz CT molecular complexity index is 1400. The summed E-state index contributed by atoms with van der Waals surface area (Å²) in [5.74, 6) is -4.27. The van der Waals surface area contributed by atoms with Crippen LogP contribution in [-0.2, 0) is 24.0 Å². The number of para-hydroxylation sites is 1. The van der Waals surface area contributed by atoms with E-state index in [4.69, 9.17) is 9.84 Å². The van der Waals surface area contributed by atoms with E-state index >= 15 is 0 Å². The van der Waals surface area contributed by atoms with Crippen molar-refractivity contribution in [3.63, 3.8) is 0 Å². The average Bonchev–Trinajstić information content (AvgIpc) is 3.16. The number of hydrogen-bond donors (Lipinski definition) is 2. The molecule has 4 unspecified atom stereocenters. The van der Waals surface area contributed by atoms with Crippen LogP contribution < -0.4 is 4.74 Å². The molecule has 4 atom stereocenters. The monoisotopic (exact) mass is 547 g/mol. The Morgan fingerprint density at radius 3 is 2.58 bits per heavy atom. The van der Waals surface area contributed by atoms with E-state index in [1.807, 2.05) is 6.08 Å². The Labute approximate surface area is 232 Å². The van der Waals surface area contributed by atoms with Crippen LogP contribution in [0.5, 0.6) is 11.5 Å². The number of hydrogen-bond acceptors (Lipinski definition) is 7. The summed E-state index contributed by atoms with van der Waals surface area (Å²) in [5, 5.41) is 20.1. The van der Waals surface area contributed by atoms with Crippen molar-refractivity contribution >= 4 is 29.4 Å². The number of ether oxygens (including phenoxy) is 1. The van der Waals surface area contributed by atoms with E-state index in [1.165, 1.54) is 11.0 Å². The number of carboxylic acids is 1. The van der Waals surface area contributed by atoms with Crippen LogP contribution in [0.3, 0.4) is 0 Å². The first-order valence-electron chi connectivity index (χ1n) is 13.9. The molecule has 3 aliphatic carbocycles. The van der Waals surface area contributed by atoms with Crippen LogP contribution in [0.2, 0.25) is 0 Å². The van der Waals surface area contributed by atoms with Gasteiger partial charge in [0.05, 0.1) is 18.4 Å². The zero-order chi connectivity index (χ0) is 28.7. The van der Waals surface area contributed by atoms with Crippen LogP contribution in [0.1, 0.15) is 63.9 Å². The summed E-state index contributed by atoms with van der Waals surface area (Å²) in [6.07, 6.45) is 5.35. The number of unbranched alkanes of at least 4 members (excludes halogenated alkanes) is 2. The number of imide groups is 1. The van der Waals surface area contributed by atoms with Gasteiger partial charge in [-0.15, -0.1) is 0 Å². The molecule has 40 heavy (non-hydrogen) atoms. The van der Waals surface area contributed by atoms with Gasteiger partial charge < -0.3 is 14.9 Å². The van der Waals surface area contributed by atoms with Crippen molar-refractivity contribution in [1.29, 1.82) is 0 Å². The van der Waals surface area contributed by atoms with E-state index in [1.54, 1.807) is 32.0 Å². The molecule has 0 aromatic heterocycles. The number of fused-ring (bicyclic) bond motifs is 3. The zero-order valence-electron chi connectivity index (χ0n) is 22.6. The number of carbonyl (C=O) groups is 5. The molecule has 1 heterocycles. The molecule has 210 valence electrons. The normalized spacial score (nSPS) is 25.8. The molecule has 0 saturated carbocycles. The molecule has 2 amide bonds. The number of aliphatic carboxylic acids is 1. The Kier molecular flexibility index (Phi) is 7.49. The first-order chi connectivity index (χ1) is 19.1. The van der Waals surface area contributed by atoms with Crippen molar-refractivity contribution in [2.45, 2.75) is 58.3 Å². The van der Waals surface area contributed by atoms with Crippen molar-refractivity contribution in [3.8, 4) is 11.5 Å². The number of Topliss-reactive ketones (excluding diaryl/α,β-unsaturated/α-hetero) is 1. The maximum absolute atomic E-state index is 13.7. The van der Waals surface area contributed by atoms with Gasteiger partial charge in [0.15, 0.2) is 23.1 Å². The summed E-state index contributed by atoms with van der Waals surface area (Å²) < 4.78 is 5.60. The van der Waals surface area contributed by atoms with E-state index < -0.39 is 29.6 Å². The number of ketones is 2. The summed E-state index contributed by atoms with van der Waals surface area (Å²) in [7, 11) is 0.